The molecule has 1 saturated carbocycles. The van der Waals surface area contributed by atoms with E-state index in [1.54, 1.807) is 18.4 Å². The quantitative estimate of drug-likeness (QED) is 0.336. The lowest BCUT2D eigenvalue weighted by molar-refractivity contribution is -0.167. The zero-order valence-corrected chi connectivity index (χ0v) is 23.5. The van der Waals surface area contributed by atoms with Crippen LogP contribution in [0.3, 0.4) is 0 Å². The fourth-order valence-corrected chi connectivity index (χ4v) is 7.31. The summed E-state index contributed by atoms with van der Waals surface area (Å²) in [6, 6.07) is 14.1. The number of nitrogens with two attached hydrogens (primary N) is 1. The van der Waals surface area contributed by atoms with Gasteiger partial charge in [-0.1, -0.05) is 41.9 Å². The minimum atomic E-state index is -1.35. The fraction of sp³-hybridized carbons (Fsp3) is 0.500. The van der Waals surface area contributed by atoms with E-state index in [1.165, 1.54) is 0 Å². The molecule has 8 heteroatoms. The fourth-order valence-electron chi connectivity index (χ4n) is 6.08. The van der Waals surface area contributed by atoms with Gasteiger partial charge < -0.3 is 25.2 Å². The van der Waals surface area contributed by atoms with Gasteiger partial charge in [0.2, 0.25) is 5.91 Å². The van der Waals surface area contributed by atoms with Crippen LogP contribution in [0.5, 0.6) is 0 Å². The van der Waals surface area contributed by atoms with Crippen LogP contribution in [0, 0.1) is 5.92 Å². The van der Waals surface area contributed by atoms with E-state index < -0.39 is 11.7 Å². The molecule has 2 fully saturated rings. The Morgan fingerprint density at radius 3 is 2.87 bits per heavy atom. The van der Waals surface area contributed by atoms with Gasteiger partial charge in [0.25, 0.3) is 0 Å². The number of ether oxygens (including phenoxy) is 2. The van der Waals surface area contributed by atoms with Crippen LogP contribution in [-0.2, 0) is 19.9 Å². The van der Waals surface area contributed by atoms with E-state index >= 15 is 0 Å². The van der Waals surface area contributed by atoms with Crippen molar-refractivity contribution >= 4 is 38.9 Å². The van der Waals surface area contributed by atoms with Crippen LogP contribution >= 0.6 is 22.9 Å². The summed E-state index contributed by atoms with van der Waals surface area (Å²) >= 11 is 8.55. The smallest absolute Gasteiger partial charge is 0.225 e. The maximum Gasteiger partial charge on any atom is 0.225 e. The monoisotopic (exact) mass is 556 g/mol. The van der Waals surface area contributed by atoms with Crippen molar-refractivity contribution in [3.63, 3.8) is 0 Å². The number of morpholine rings is 1. The zero-order chi connectivity index (χ0) is 26.7. The molecule has 3 aromatic rings. The highest BCUT2D eigenvalue weighted by molar-refractivity contribution is 7.17. The van der Waals surface area contributed by atoms with Gasteiger partial charge in [0.05, 0.1) is 13.2 Å². The molecule has 1 aromatic heterocycles. The Hall–Kier alpha value is -2.00. The van der Waals surface area contributed by atoms with E-state index in [0.717, 1.165) is 58.9 Å². The Labute approximate surface area is 233 Å². The first kappa shape index (κ1) is 27.6. The van der Waals surface area contributed by atoms with E-state index in [0.29, 0.717) is 37.7 Å². The largest absolute Gasteiger partial charge is 0.385 e. The number of thiophene rings is 1. The summed E-state index contributed by atoms with van der Waals surface area (Å²) in [6.45, 7) is 1.86. The topological polar surface area (TPSA) is 85.0 Å². The number of halogens is 1. The van der Waals surface area contributed by atoms with Gasteiger partial charge in [-0.2, -0.15) is 0 Å². The standard InChI is InChI=1S/C30H37ClN2O4S/c1-36-15-5-4-13-30(35,27-18-33(14-16-37-27)29(34)20-11-12-21(32)17-20)24-8-6-9-25(31)28(24)23-19-38-26-10-3-2-7-22(23)26/h2-3,6-10,19-21,27,35H,4-5,11-18,32H2,1H3. The third kappa shape index (κ3) is 5.51. The van der Waals surface area contributed by atoms with Crippen LogP contribution < -0.4 is 5.73 Å². The first-order chi connectivity index (χ1) is 18.4. The maximum absolute atomic E-state index is 13.4. The molecule has 4 unspecified atom stereocenters. The molecule has 3 N–H and O–H groups in total. The van der Waals surface area contributed by atoms with Gasteiger partial charge in [-0.15, -0.1) is 11.3 Å². The molecular weight excluding hydrogens is 520 g/mol. The summed E-state index contributed by atoms with van der Waals surface area (Å²) in [6.07, 6.45) is 3.87. The number of rotatable bonds is 9. The Morgan fingerprint density at radius 1 is 1.24 bits per heavy atom. The van der Waals surface area contributed by atoms with Crippen molar-refractivity contribution in [3.05, 3.63) is 58.4 Å². The van der Waals surface area contributed by atoms with Crippen molar-refractivity contribution in [2.45, 2.75) is 56.3 Å². The number of carbonyl (C=O) groups excluding carboxylic acids is 1. The average Bonchev–Trinajstić information content (AvgIpc) is 3.57. The number of hydrogen-bond donors (Lipinski definition) is 2. The van der Waals surface area contributed by atoms with Crippen molar-refractivity contribution < 1.29 is 19.4 Å². The maximum atomic E-state index is 13.4. The third-order valence-electron chi connectivity index (χ3n) is 8.12. The highest BCUT2D eigenvalue weighted by Crippen LogP contribution is 2.46. The first-order valence-electron chi connectivity index (χ1n) is 13.5. The number of carbonyl (C=O) groups is 1. The molecule has 5 rings (SSSR count). The second-order valence-electron chi connectivity index (χ2n) is 10.6. The van der Waals surface area contributed by atoms with E-state index in [2.05, 4.69) is 17.5 Å². The number of aliphatic hydroxyl groups is 1. The molecule has 2 heterocycles. The van der Waals surface area contributed by atoms with Gasteiger partial charge in [0.15, 0.2) is 0 Å². The molecule has 204 valence electrons. The summed E-state index contributed by atoms with van der Waals surface area (Å²) in [5, 5.41) is 16.4. The molecule has 0 bridgehead atoms. The SMILES string of the molecule is COCCCCC(O)(c1cccc(Cl)c1-c1csc2ccccc12)C1CN(C(=O)C2CCC(N)C2)CCO1. The van der Waals surface area contributed by atoms with Crippen LogP contribution in [0.1, 0.15) is 44.1 Å². The second-order valence-corrected chi connectivity index (χ2v) is 11.9. The molecule has 6 nitrogen and oxygen atoms in total. The highest BCUT2D eigenvalue weighted by atomic mass is 35.5. The van der Waals surface area contributed by atoms with Crippen molar-refractivity contribution in [2.24, 2.45) is 11.7 Å². The molecule has 2 aromatic carbocycles. The molecule has 0 radical (unpaired) electrons. The third-order valence-corrected chi connectivity index (χ3v) is 9.40. The predicted octanol–water partition coefficient (Wildman–Crippen LogP) is 5.58. The molecule has 1 amide bonds. The molecular formula is C30H37ClN2O4S. The lowest BCUT2D eigenvalue weighted by Crippen LogP contribution is -2.55. The van der Waals surface area contributed by atoms with Crippen LogP contribution in [0.15, 0.2) is 47.8 Å². The van der Waals surface area contributed by atoms with E-state index in [-0.39, 0.29) is 17.9 Å². The summed E-state index contributed by atoms with van der Waals surface area (Å²) in [5.74, 6) is 0.0839. The molecule has 2 aliphatic rings. The Balaban J connectivity index is 1.52. The normalized spacial score (nSPS) is 23.6. The van der Waals surface area contributed by atoms with E-state index in [9.17, 15) is 9.90 Å². The average molecular weight is 557 g/mol. The predicted molar refractivity (Wildman–Crippen MR) is 154 cm³/mol. The Morgan fingerprint density at radius 2 is 2.08 bits per heavy atom. The van der Waals surface area contributed by atoms with Gasteiger partial charge in [0, 0.05) is 58.5 Å². The number of amides is 1. The molecule has 0 spiro atoms. The van der Waals surface area contributed by atoms with Crippen LogP contribution in [0.4, 0.5) is 0 Å². The zero-order valence-electron chi connectivity index (χ0n) is 21.9. The molecule has 4 atom stereocenters. The summed E-state index contributed by atoms with van der Waals surface area (Å²) in [5.41, 5.74) is 7.34. The molecule has 1 aliphatic heterocycles. The number of hydrogen-bond acceptors (Lipinski definition) is 6. The van der Waals surface area contributed by atoms with Gasteiger partial charge in [-0.3, -0.25) is 4.79 Å². The number of unbranched alkanes of at least 4 members (excludes halogenated alkanes) is 1. The van der Waals surface area contributed by atoms with Gasteiger partial charge in [-0.25, -0.2) is 0 Å². The molecule has 1 aliphatic carbocycles. The molecule has 38 heavy (non-hydrogen) atoms. The number of methoxy groups -OCH3 is 1. The van der Waals surface area contributed by atoms with Gasteiger partial charge in [-0.05, 0) is 61.6 Å². The Kier molecular flexibility index (Phi) is 8.72. The summed E-state index contributed by atoms with van der Waals surface area (Å²) in [7, 11) is 1.69. The number of benzene rings is 2. The van der Waals surface area contributed by atoms with Crippen molar-refractivity contribution in [3.8, 4) is 11.1 Å². The Bertz CT molecular complexity index is 1270. The lowest BCUT2D eigenvalue weighted by atomic mass is 9.79. The first-order valence-corrected chi connectivity index (χ1v) is 14.8. The van der Waals surface area contributed by atoms with Crippen LogP contribution in [0.2, 0.25) is 5.02 Å². The van der Waals surface area contributed by atoms with Crippen molar-refractivity contribution in [1.29, 1.82) is 0 Å². The summed E-state index contributed by atoms with van der Waals surface area (Å²) in [4.78, 5) is 15.3. The van der Waals surface area contributed by atoms with E-state index in [1.807, 2.05) is 35.2 Å². The van der Waals surface area contributed by atoms with E-state index in [4.69, 9.17) is 26.8 Å². The van der Waals surface area contributed by atoms with Crippen LogP contribution in [0.25, 0.3) is 21.2 Å². The summed E-state index contributed by atoms with van der Waals surface area (Å²) < 4.78 is 12.7. The van der Waals surface area contributed by atoms with Crippen molar-refractivity contribution in [2.75, 3.05) is 33.4 Å². The lowest BCUT2D eigenvalue weighted by Gasteiger charge is -2.44. The van der Waals surface area contributed by atoms with Gasteiger partial charge >= 0.3 is 0 Å². The number of nitrogens with zero attached hydrogens (tertiary/aromatic N) is 1. The molecule has 1 saturated heterocycles. The number of fused-ring (bicyclic) bond motifs is 1. The van der Waals surface area contributed by atoms with Crippen LogP contribution in [-0.4, -0.2) is 61.5 Å². The minimum absolute atomic E-state index is 0.0440. The second kappa shape index (κ2) is 12.0. The van der Waals surface area contributed by atoms with Crippen molar-refractivity contribution in [1.82, 2.24) is 4.90 Å². The minimum Gasteiger partial charge on any atom is -0.385 e. The van der Waals surface area contributed by atoms with Gasteiger partial charge in [0.1, 0.15) is 11.7 Å². The highest BCUT2D eigenvalue weighted by Gasteiger charge is 2.45.